The number of aliphatic hydroxyl groups excluding tert-OH is 1. The third kappa shape index (κ3) is 4.48. The Morgan fingerprint density at radius 1 is 1.14 bits per heavy atom. The minimum atomic E-state index is -0.847. The number of aliphatic hydroxyl groups is 1. The van der Waals surface area contributed by atoms with Gasteiger partial charge >= 0.3 is 0 Å². The predicted octanol–water partition coefficient (Wildman–Crippen LogP) is 1.60. The van der Waals surface area contributed by atoms with E-state index in [-0.39, 0.29) is 19.1 Å². The van der Waals surface area contributed by atoms with Crippen molar-refractivity contribution in [2.45, 2.75) is 13.2 Å². The highest BCUT2D eigenvalue weighted by atomic mass is 32.2. The zero-order valence-corrected chi connectivity index (χ0v) is 20.3. The van der Waals surface area contributed by atoms with Crippen LogP contribution in [0.3, 0.4) is 0 Å². The molecular formula is C24H21N7O5S. The third-order valence-electron chi connectivity index (χ3n) is 6.07. The second-order valence-corrected chi connectivity index (χ2v) is 10.1. The van der Waals surface area contributed by atoms with Crippen LogP contribution in [0.25, 0.3) is 27.9 Å². The second-order valence-electron chi connectivity index (χ2n) is 8.41. The molecule has 1 N–H and O–H groups in total. The Kier molecular flexibility index (Phi) is 6.16. The van der Waals surface area contributed by atoms with Crippen molar-refractivity contribution in [2.75, 3.05) is 24.6 Å². The Labute approximate surface area is 213 Å². The van der Waals surface area contributed by atoms with Gasteiger partial charge in [-0.05, 0) is 18.2 Å². The van der Waals surface area contributed by atoms with Gasteiger partial charge in [0.1, 0.15) is 24.7 Å². The molecule has 0 unspecified atom stereocenters. The van der Waals surface area contributed by atoms with Crippen LogP contribution in [0.4, 0.5) is 0 Å². The molecule has 5 aromatic rings. The van der Waals surface area contributed by atoms with E-state index in [1.165, 1.54) is 10.7 Å². The molecule has 0 saturated carbocycles. The van der Waals surface area contributed by atoms with Crippen LogP contribution in [0.5, 0.6) is 5.88 Å². The van der Waals surface area contributed by atoms with E-state index in [9.17, 15) is 14.5 Å². The summed E-state index contributed by atoms with van der Waals surface area (Å²) < 4.78 is 24.2. The highest BCUT2D eigenvalue weighted by molar-refractivity contribution is 7.91. The molecule has 1 saturated heterocycles. The number of ether oxygens (including phenoxy) is 1. The van der Waals surface area contributed by atoms with Gasteiger partial charge in [-0.3, -0.25) is 9.78 Å². The van der Waals surface area contributed by atoms with E-state index in [1.807, 2.05) is 24.3 Å². The number of carbonyl (C=O) groups is 1. The Morgan fingerprint density at radius 3 is 2.68 bits per heavy atom. The number of carbonyl (C=O) groups excluding carboxylic acids is 1. The maximum absolute atomic E-state index is 12.7. The van der Waals surface area contributed by atoms with Crippen molar-refractivity contribution in [2.24, 2.45) is 0 Å². The molecule has 1 amide bonds. The first-order chi connectivity index (χ1) is 18.1. The molecule has 1 fully saturated rings. The average Bonchev–Trinajstić information content (AvgIpc) is 3.59. The van der Waals surface area contributed by atoms with Crippen LogP contribution >= 0.6 is 0 Å². The van der Waals surface area contributed by atoms with Crippen LogP contribution in [-0.2, 0) is 24.4 Å². The van der Waals surface area contributed by atoms with Crippen LogP contribution < -0.4 is 4.74 Å². The molecule has 0 atom stereocenters. The van der Waals surface area contributed by atoms with Crippen LogP contribution in [-0.4, -0.2) is 75.0 Å². The lowest BCUT2D eigenvalue weighted by Gasteiger charge is -2.28. The number of aromatic nitrogens is 6. The SMILES string of the molecule is O=C(c1ccc(COc2nn3c(-c4cc(CO)on4)nnc3c3ccccc23)nc1)N1CC[S+]([O-])CC1. The predicted molar refractivity (Wildman–Crippen MR) is 132 cm³/mol. The van der Waals surface area contributed by atoms with Gasteiger partial charge in [0, 0.05) is 23.0 Å². The molecule has 6 rings (SSSR count). The second kappa shape index (κ2) is 9.76. The van der Waals surface area contributed by atoms with Gasteiger partial charge < -0.3 is 23.8 Å². The topological polar surface area (TPSA) is 155 Å². The fourth-order valence-corrected chi connectivity index (χ4v) is 5.17. The summed E-state index contributed by atoms with van der Waals surface area (Å²) in [6.07, 6.45) is 1.53. The molecule has 5 heterocycles. The first kappa shape index (κ1) is 23.3. The van der Waals surface area contributed by atoms with E-state index in [4.69, 9.17) is 9.26 Å². The maximum Gasteiger partial charge on any atom is 0.255 e. The quantitative estimate of drug-likeness (QED) is 0.327. The zero-order valence-electron chi connectivity index (χ0n) is 19.5. The van der Waals surface area contributed by atoms with E-state index in [0.29, 0.717) is 64.7 Å². The molecule has 188 valence electrons. The number of nitrogens with zero attached hydrogens (tertiary/aromatic N) is 7. The highest BCUT2D eigenvalue weighted by Gasteiger charge is 2.24. The molecular weight excluding hydrogens is 498 g/mol. The number of pyridine rings is 1. The van der Waals surface area contributed by atoms with Gasteiger partial charge in [-0.15, -0.1) is 15.3 Å². The first-order valence-electron chi connectivity index (χ1n) is 11.5. The Morgan fingerprint density at radius 2 is 1.95 bits per heavy atom. The number of fused-ring (bicyclic) bond motifs is 3. The molecule has 0 aliphatic carbocycles. The standard InChI is InChI=1S/C24H21N7O5S/c32-13-17-11-20(29-36-17)22-27-26-21-18-3-1-2-4-19(18)23(28-31(21)22)35-14-16-6-5-15(12-25-16)24(33)30-7-9-37(34)10-8-30/h1-6,11-12,32H,7-10,13-14H2. The van der Waals surface area contributed by atoms with Gasteiger partial charge in [-0.25, -0.2) is 0 Å². The molecule has 12 nitrogen and oxygen atoms in total. The summed E-state index contributed by atoms with van der Waals surface area (Å²) in [5.74, 6) is 1.88. The number of amides is 1. The molecule has 0 spiro atoms. The van der Waals surface area contributed by atoms with Crippen molar-refractivity contribution in [1.29, 1.82) is 0 Å². The number of rotatable bonds is 6. The Hall–Kier alpha value is -4.07. The van der Waals surface area contributed by atoms with Gasteiger partial charge in [-0.1, -0.05) is 34.5 Å². The van der Waals surface area contributed by atoms with Crippen molar-refractivity contribution in [3.63, 3.8) is 0 Å². The Balaban J connectivity index is 1.26. The Bertz CT molecular complexity index is 1580. The lowest BCUT2D eigenvalue weighted by molar-refractivity contribution is 0.0769. The lowest BCUT2D eigenvalue weighted by Crippen LogP contribution is -2.43. The van der Waals surface area contributed by atoms with Gasteiger partial charge in [0.15, 0.2) is 17.1 Å². The highest BCUT2D eigenvalue weighted by Crippen LogP contribution is 2.29. The summed E-state index contributed by atoms with van der Waals surface area (Å²) in [6.45, 7) is 0.803. The van der Waals surface area contributed by atoms with Gasteiger partial charge in [0.25, 0.3) is 5.91 Å². The van der Waals surface area contributed by atoms with Crippen LogP contribution in [0.1, 0.15) is 21.8 Å². The summed E-state index contributed by atoms with van der Waals surface area (Å²) >= 11 is -0.847. The van der Waals surface area contributed by atoms with Gasteiger partial charge in [0.2, 0.25) is 11.7 Å². The van der Waals surface area contributed by atoms with Crippen LogP contribution in [0.15, 0.2) is 53.2 Å². The number of hydrogen-bond acceptors (Lipinski definition) is 10. The molecule has 1 aliphatic heterocycles. The van der Waals surface area contributed by atoms with E-state index in [2.05, 4.69) is 25.4 Å². The van der Waals surface area contributed by atoms with Crippen molar-refractivity contribution in [3.8, 4) is 17.4 Å². The molecule has 1 aromatic carbocycles. The minimum absolute atomic E-state index is 0.118. The lowest BCUT2D eigenvalue weighted by atomic mass is 10.2. The summed E-state index contributed by atoms with van der Waals surface area (Å²) in [5, 5.41) is 27.9. The maximum atomic E-state index is 12.7. The number of hydrogen-bond donors (Lipinski definition) is 1. The smallest absolute Gasteiger partial charge is 0.255 e. The molecule has 0 radical (unpaired) electrons. The minimum Gasteiger partial charge on any atom is -0.616 e. The monoisotopic (exact) mass is 519 g/mol. The molecule has 1 aliphatic rings. The van der Waals surface area contributed by atoms with Crippen LogP contribution in [0, 0.1) is 0 Å². The fourth-order valence-electron chi connectivity index (χ4n) is 4.11. The van der Waals surface area contributed by atoms with E-state index in [1.54, 1.807) is 23.1 Å². The van der Waals surface area contributed by atoms with Crippen molar-refractivity contribution < 1.29 is 23.7 Å². The normalized spacial score (nSPS) is 14.5. The van der Waals surface area contributed by atoms with Crippen LogP contribution in [0.2, 0.25) is 0 Å². The molecule has 37 heavy (non-hydrogen) atoms. The average molecular weight is 520 g/mol. The summed E-state index contributed by atoms with van der Waals surface area (Å²) in [7, 11) is 0. The summed E-state index contributed by atoms with van der Waals surface area (Å²) in [4.78, 5) is 18.8. The summed E-state index contributed by atoms with van der Waals surface area (Å²) in [6, 6.07) is 12.6. The third-order valence-corrected chi connectivity index (χ3v) is 7.34. The fraction of sp³-hybridized carbons (Fsp3) is 0.250. The van der Waals surface area contributed by atoms with Crippen molar-refractivity contribution in [1.82, 2.24) is 34.9 Å². The molecule has 4 aromatic heterocycles. The summed E-state index contributed by atoms with van der Waals surface area (Å²) in [5.41, 5.74) is 2.00. The molecule has 13 heteroatoms. The van der Waals surface area contributed by atoms with E-state index >= 15 is 0 Å². The van der Waals surface area contributed by atoms with Crippen molar-refractivity contribution in [3.05, 3.63) is 65.7 Å². The van der Waals surface area contributed by atoms with E-state index < -0.39 is 11.2 Å². The van der Waals surface area contributed by atoms with Gasteiger partial charge in [0.05, 0.1) is 24.3 Å². The molecule has 0 bridgehead atoms. The van der Waals surface area contributed by atoms with Crippen molar-refractivity contribution >= 4 is 33.5 Å². The van der Waals surface area contributed by atoms with Gasteiger partial charge in [-0.2, -0.15) is 4.52 Å². The van der Waals surface area contributed by atoms with E-state index in [0.717, 1.165) is 10.8 Å². The zero-order chi connectivity index (χ0) is 25.4. The first-order valence-corrected chi connectivity index (χ1v) is 13.0. The number of benzene rings is 1. The largest absolute Gasteiger partial charge is 0.616 e.